The third kappa shape index (κ3) is 1.85. The smallest absolute Gasteiger partial charge is 0.162 e. The third-order valence-electron chi connectivity index (χ3n) is 4.82. The van der Waals surface area contributed by atoms with Crippen LogP contribution in [0.15, 0.2) is 11.6 Å². The highest BCUT2D eigenvalue weighted by Gasteiger charge is 2.54. The summed E-state index contributed by atoms with van der Waals surface area (Å²) in [4.78, 5) is 12.4. The molecule has 3 aliphatic rings. The van der Waals surface area contributed by atoms with Gasteiger partial charge in [-0.25, -0.2) is 0 Å². The fraction of sp³-hybridized carbons (Fsp3) is 0.800. The Morgan fingerprint density at radius 1 is 1.00 bits per heavy atom. The first-order valence-corrected chi connectivity index (χ1v) is 7.11. The van der Waals surface area contributed by atoms with Gasteiger partial charge in [-0.3, -0.25) is 4.79 Å². The predicted octanol–water partition coefficient (Wildman–Crippen LogP) is 3.88. The molecule has 88 valence electrons. The maximum absolute atomic E-state index is 12.4. The average molecular weight is 218 g/mol. The molecule has 0 aliphatic heterocycles. The van der Waals surface area contributed by atoms with Crippen molar-refractivity contribution >= 4 is 5.78 Å². The highest BCUT2D eigenvalue weighted by atomic mass is 16.1. The van der Waals surface area contributed by atoms with Crippen LogP contribution in [0.2, 0.25) is 0 Å². The number of allylic oxidation sites excluding steroid dienone is 2. The van der Waals surface area contributed by atoms with E-state index in [1.54, 1.807) is 0 Å². The van der Waals surface area contributed by atoms with E-state index < -0.39 is 0 Å². The van der Waals surface area contributed by atoms with Crippen LogP contribution < -0.4 is 0 Å². The molecule has 0 aromatic rings. The molecule has 1 nitrogen and oxygen atoms in total. The second-order valence-corrected chi connectivity index (χ2v) is 5.83. The molecule has 2 saturated carbocycles. The number of hydrogen-bond acceptors (Lipinski definition) is 1. The molecule has 3 rings (SSSR count). The standard InChI is InChI=1S/C15H22O/c16-15(11-7-3-1-2-4-8-11)14-12-9-5-6-10-13(12)14/h7,12-14H,1-6,8-10H2. The van der Waals surface area contributed by atoms with E-state index in [0.29, 0.717) is 11.7 Å². The van der Waals surface area contributed by atoms with Gasteiger partial charge in [-0.05, 0) is 55.9 Å². The predicted molar refractivity (Wildman–Crippen MR) is 65.1 cm³/mol. The molecule has 2 atom stereocenters. The molecule has 1 heteroatoms. The Morgan fingerprint density at radius 3 is 2.50 bits per heavy atom. The van der Waals surface area contributed by atoms with Gasteiger partial charge >= 0.3 is 0 Å². The van der Waals surface area contributed by atoms with Crippen molar-refractivity contribution in [3.63, 3.8) is 0 Å². The largest absolute Gasteiger partial charge is 0.294 e. The molecule has 0 aromatic heterocycles. The van der Waals surface area contributed by atoms with Crippen LogP contribution in [-0.2, 0) is 4.79 Å². The first-order valence-electron chi connectivity index (χ1n) is 7.11. The van der Waals surface area contributed by atoms with Gasteiger partial charge in [-0.15, -0.1) is 0 Å². The lowest BCUT2D eigenvalue weighted by atomic mass is 10.0. The van der Waals surface area contributed by atoms with E-state index in [1.807, 2.05) is 0 Å². The summed E-state index contributed by atoms with van der Waals surface area (Å²) >= 11 is 0. The molecule has 2 unspecified atom stereocenters. The Balaban J connectivity index is 1.66. The molecule has 0 radical (unpaired) electrons. The first-order chi connectivity index (χ1) is 7.88. The molecule has 0 amide bonds. The summed E-state index contributed by atoms with van der Waals surface area (Å²) < 4.78 is 0. The van der Waals surface area contributed by atoms with Crippen LogP contribution in [0.25, 0.3) is 0 Å². The minimum atomic E-state index is 0.451. The van der Waals surface area contributed by atoms with E-state index in [1.165, 1.54) is 50.5 Å². The van der Waals surface area contributed by atoms with Gasteiger partial charge < -0.3 is 0 Å². The van der Waals surface area contributed by atoms with E-state index in [-0.39, 0.29) is 0 Å². The molecule has 2 fully saturated rings. The van der Waals surface area contributed by atoms with Crippen molar-refractivity contribution < 1.29 is 4.79 Å². The highest BCUT2D eigenvalue weighted by Crippen LogP contribution is 2.56. The lowest BCUT2D eigenvalue weighted by Gasteiger charge is -2.04. The molecule has 0 saturated heterocycles. The van der Waals surface area contributed by atoms with Crippen LogP contribution in [0.5, 0.6) is 0 Å². The van der Waals surface area contributed by atoms with Crippen LogP contribution in [0.1, 0.15) is 57.8 Å². The molecule has 0 aromatic carbocycles. The summed E-state index contributed by atoms with van der Waals surface area (Å²) in [5.41, 5.74) is 1.19. The van der Waals surface area contributed by atoms with Crippen molar-refractivity contribution in [1.82, 2.24) is 0 Å². The number of rotatable bonds is 2. The molecule has 0 N–H and O–H groups in total. The number of fused-ring (bicyclic) bond motifs is 1. The Bertz CT molecular complexity index is 303. The van der Waals surface area contributed by atoms with Crippen LogP contribution in [0.4, 0.5) is 0 Å². The fourth-order valence-electron chi connectivity index (χ4n) is 3.83. The van der Waals surface area contributed by atoms with Gasteiger partial charge in [0.2, 0.25) is 0 Å². The Hall–Kier alpha value is -0.590. The fourth-order valence-corrected chi connectivity index (χ4v) is 3.83. The zero-order valence-electron chi connectivity index (χ0n) is 10.1. The monoisotopic (exact) mass is 218 g/mol. The quantitative estimate of drug-likeness (QED) is 0.687. The van der Waals surface area contributed by atoms with Crippen LogP contribution in [-0.4, -0.2) is 5.78 Å². The zero-order valence-corrected chi connectivity index (χ0v) is 10.1. The molecular weight excluding hydrogens is 196 g/mol. The van der Waals surface area contributed by atoms with E-state index in [4.69, 9.17) is 0 Å². The van der Waals surface area contributed by atoms with Crippen LogP contribution in [0.3, 0.4) is 0 Å². The lowest BCUT2D eigenvalue weighted by Crippen LogP contribution is -2.07. The summed E-state index contributed by atoms with van der Waals surface area (Å²) in [6.07, 6.45) is 13.7. The minimum absolute atomic E-state index is 0.451. The highest BCUT2D eigenvalue weighted by molar-refractivity contribution is 5.99. The summed E-state index contributed by atoms with van der Waals surface area (Å²) in [5.74, 6) is 2.56. The zero-order chi connectivity index (χ0) is 11.0. The van der Waals surface area contributed by atoms with E-state index in [9.17, 15) is 4.79 Å². The van der Waals surface area contributed by atoms with Crippen molar-refractivity contribution in [3.8, 4) is 0 Å². The lowest BCUT2D eigenvalue weighted by molar-refractivity contribution is -0.117. The number of Topliss-reactive ketones (excluding diaryl/α,β-unsaturated/α-hetero) is 1. The van der Waals surface area contributed by atoms with Gasteiger partial charge in [-0.2, -0.15) is 0 Å². The van der Waals surface area contributed by atoms with Gasteiger partial charge in [0.1, 0.15) is 0 Å². The van der Waals surface area contributed by atoms with Crippen molar-refractivity contribution in [2.45, 2.75) is 57.8 Å². The van der Waals surface area contributed by atoms with Gasteiger partial charge in [0.15, 0.2) is 5.78 Å². The summed E-state index contributed by atoms with van der Waals surface area (Å²) in [6, 6.07) is 0. The SMILES string of the molecule is O=C(C1=CCCCCC1)C1C2CCCCC21. The van der Waals surface area contributed by atoms with Crippen molar-refractivity contribution in [2.75, 3.05) is 0 Å². The van der Waals surface area contributed by atoms with E-state index in [0.717, 1.165) is 24.7 Å². The Kier molecular flexibility index (Phi) is 2.87. The van der Waals surface area contributed by atoms with Crippen molar-refractivity contribution in [1.29, 1.82) is 0 Å². The van der Waals surface area contributed by atoms with Gasteiger partial charge in [-0.1, -0.05) is 25.3 Å². The Morgan fingerprint density at radius 2 is 1.75 bits per heavy atom. The first kappa shape index (κ1) is 10.6. The molecule has 3 aliphatic carbocycles. The van der Waals surface area contributed by atoms with Gasteiger partial charge in [0.25, 0.3) is 0 Å². The van der Waals surface area contributed by atoms with Gasteiger partial charge in [0, 0.05) is 5.92 Å². The molecule has 0 spiro atoms. The van der Waals surface area contributed by atoms with Crippen molar-refractivity contribution in [3.05, 3.63) is 11.6 Å². The molecule has 16 heavy (non-hydrogen) atoms. The third-order valence-corrected chi connectivity index (χ3v) is 4.82. The normalized spacial score (nSPS) is 38.2. The number of ketones is 1. The number of carbonyl (C=O) groups excluding carboxylic acids is 1. The van der Waals surface area contributed by atoms with E-state index >= 15 is 0 Å². The minimum Gasteiger partial charge on any atom is -0.294 e. The number of carbonyl (C=O) groups is 1. The molecule has 0 bridgehead atoms. The van der Waals surface area contributed by atoms with Crippen LogP contribution >= 0.6 is 0 Å². The average Bonchev–Trinajstić information content (AvgIpc) is 3.09. The molecule has 0 heterocycles. The molecular formula is C15H22O. The number of hydrogen-bond donors (Lipinski definition) is 0. The van der Waals surface area contributed by atoms with Crippen LogP contribution in [0, 0.1) is 17.8 Å². The topological polar surface area (TPSA) is 17.1 Å². The maximum atomic E-state index is 12.4. The summed E-state index contributed by atoms with van der Waals surface area (Å²) in [6.45, 7) is 0. The van der Waals surface area contributed by atoms with Gasteiger partial charge in [0.05, 0.1) is 0 Å². The van der Waals surface area contributed by atoms with E-state index in [2.05, 4.69) is 6.08 Å². The second kappa shape index (κ2) is 4.35. The summed E-state index contributed by atoms with van der Waals surface area (Å²) in [5, 5.41) is 0. The Labute approximate surface area is 98.3 Å². The second-order valence-electron chi connectivity index (χ2n) is 5.83. The van der Waals surface area contributed by atoms with Crippen molar-refractivity contribution in [2.24, 2.45) is 17.8 Å². The maximum Gasteiger partial charge on any atom is 0.162 e. The summed E-state index contributed by atoms with van der Waals surface area (Å²) in [7, 11) is 0.